The standard InChI is InChI=1S/C18H30N4O2/c1-14-12-15(2)22(19-14)13-17-6-4-5-7-21(17)18(23)16(3)20-8-10-24-11-9-20/h12,16-17H,4-11,13H2,1-3H3/t16-,17+/m0/s1. The van der Waals surface area contributed by atoms with Gasteiger partial charge in [0.2, 0.25) is 5.91 Å². The highest BCUT2D eigenvalue weighted by Gasteiger charge is 2.33. The molecule has 1 aromatic heterocycles. The molecule has 0 aliphatic carbocycles. The summed E-state index contributed by atoms with van der Waals surface area (Å²) in [5.41, 5.74) is 2.22. The SMILES string of the molecule is Cc1cc(C)n(C[C@H]2CCCCN2C(=O)[C@H](C)N2CCOCC2)n1. The van der Waals surface area contributed by atoms with Crippen LogP contribution in [-0.2, 0) is 16.1 Å². The number of hydrogen-bond acceptors (Lipinski definition) is 4. The summed E-state index contributed by atoms with van der Waals surface area (Å²) in [6.07, 6.45) is 3.37. The second kappa shape index (κ2) is 7.66. The lowest BCUT2D eigenvalue weighted by molar-refractivity contribution is -0.142. The molecule has 134 valence electrons. The quantitative estimate of drug-likeness (QED) is 0.839. The molecule has 0 spiro atoms. The normalized spacial score (nSPS) is 24.1. The van der Waals surface area contributed by atoms with Gasteiger partial charge in [0.25, 0.3) is 0 Å². The van der Waals surface area contributed by atoms with E-state index < -0.39 is 0 Å². The highest BCUT2D eigenvalue weighted by molar-refractivity contribution is 5.82. The van der Waals surface area contributed by atoms with Crippen LogP contribution in [0.15, 0.2) is 6.07 Å². The number of hydrogen-bond donors (Lipinski definition) is 0. The number of carbonyl (C=O) groups excluding carboxylic acids is 1. The van der Waals surface area contributed by atoms with Crippen molar-refractivity contribution in [2.24, 2.45) is 0 Å². The van der Waals surface area contributed by atoms with E-state index in [1.165, 1.54) is 12.1 Å². The zero-order valence-corrected chi connectivity index (χ0v) is 15.2. The van der Waals surface area contributed by atoms with Crippen LogP contribution in [0, 0.1) is 13.8 Å². The molecule has 0 radical (unpaired) electrons. The van der Waals surface area contributed by atoms with Crippen molar-refractivity contribution in [3.8, 4) is 0 Å². The van der Waals surface area contributed by atoms with Gasteiger partial charge in [0, 0.05) is 25.3 Å². The largest absolute Gasteiger partial charge is 0.379 e. The van der Waals surface area contributed by atoms with Crippen LogP contribution in [0.5, 0.6) is 0 Å². The highest BCUT2D eigenvalue weighted by atomic mass is 16.5. The van der Waals surface area contributed by atoms with Gasteiger partial charge >= 0.3 is 0 Å². The Morgan fingerprint density at radius 1 is 1.29 bits per heavy atom. The summed E-state index contributed by atoms with van der Waals surface area (Å²) in [6.45, 7) is 11.0. The second-order valence-corrected chi connectivity index (χ2v) is 7.11. The third-order valence-corrected chi connectivity index (χ3v) is 5.35. The minimum Gasteiger partial charge on any atom is -0.379 e. The third-order valence-electron chi connectivity index (χ3n) is 5.35. The second-order valence-electron chi connectivity index (χ2n) is 7.11. The first-order valence-corrected chi connectivity index (χ1v) is 9.19. The Kier molecular flexibility index (Phi) is 5.56. The molecule has 1 amide bonds. The van der Waals surface area contributed by atoms with Crippen LogP contribution in [0.4, 0.5) is 0 Å². The molecule has 0 unspecified atom stereocenters. The number of likely N-dealkylation sites (tertiary alicyclic amines) is 1. The molecule has 3 heterocycles. The molecule has 6 heteroatoms. The van der Waals surface area contributed by atoms with E-state index in [2.05, 4.69) is 32.6 Å². The lowest BCUT2D eigenvalue weighted by Crippen LogP contribution is -2.55. The van der Waals surface area contributed by atoms with Gasteiger partial charge in [-0.2, -0.15) is 5.10 Å². The summed E-state index contributed by atoms with van der Waals surface area (Å²) in [5, 5.41) is 4.58. The Hall–Kier alpha value is -1.40. The number of piperidine rings is 1. The minimum absolute atomic E-state index is 0.0602. The van der Waals surface area contributed by atoms with Gasteiger partial charge in [-0.3, -0.25) is 14.4 Å². The van der Waals surface area contributed by atoms with E-state index >= 15 is 0 Å². The zero-order valence-electron chi connectivity index (χ0n) is 15.2. The lowest BCUT2D eigenvalue weighted by Gasteiger charge is -2.40. The summed E-state index contributed by atoms with van der Waals surface area (Å²) in [4.78, 5) is 17.5. The van der Waals surface area contributed by atoms with Crippen molar-refractivity contribution < 1.29 is 9.53 Å². The molecule has 2 atom stereocenters. The number of carbonyl (C=O) groups is 1. The number of amides is 1. The summed E-state index contributed by atoms with van der Waals surface area (Å²) >= 11 is 0. The molecule has 1 aromatic rings. The van der Waals surface area contributed by atoms with Crippen molar-refractivity contribution in [1.29, 1.82) is 0 Å². The molecule has 2 aliphatic heterocycles. The molecular weight excluding hydrogens is 304 g/mol. The van der Waals surface area contributed by atoms with Crippen molar-refractivity contribution >= 4 is 5.91 Å². The van der Waals surface area contributed by atoms with Crippen molar-refractivity contribution in [2.75, 3.05) is 32.8 Å². The Balaban J connectivity index is 1.69. The molecule has 2 aliphatic rings. The first-order chi connectivity index (χ1) is 11.6. The maximum Gasteiger partial charge on any atom is 0.239 e. The predicted octanol–water partition coefficient (Wildman–Crippen LogP) is 1.60. The fourth-order valence-corrected chi connectivity index (χ4v) is 3.90. The predicted molar refractivity (Wildman–Crippen MR) is 92.9 cm³/mol. The van der Waals surface area contributed by atoms with Gasteiger partial charge in [0.1, 0.15) is 0 Å². The van der Waals surface area contributed by atoms with Crippen molar-refractivity contribution in [1.82, 2.24) is 19.6 Å². The van der Waals surface area contributed by atoms with Crippen molar-refractivity contribution in [3.05, 3.63) is 17.5 Å². The van der Waals surface area contributed by atoms with E-state index in [0.29, 0.717) is 0 Å². The van der Waals surface area contributed by atoms with E-state index in [0.717, 1.165) is 57.9 Å². The molecule has 2 fully saturated rings. The number of ether oxygens (including phenoxy) is 1. The summed E-state index contributed by atoms with van der Waals surface area (Å²) in [7, 11) is 0. The molecular formula is C18H30N4O2. The molecule has 0 saturated carbocycles. The van der Waals surface area contributed by atoms with E-state index in [-0.39, 0.29) is 18.0 Å². The maximum atomic E-state index is 13.1. The van der Waals surface area contributed by atoms with Gasteiger partial charge in [-0.05, 0) is 46.1 Å². The number of aryl methyl sites for hydroxylation is 2. The molecule has 0 aromatic carbocycles. The van der Waals surface area contributed by atoms with Gasteiger partial charge in [-0.1, -0.05) is 0 Å². The molecule has 0 N–H and O–H groups in total. The van der Waals surface area contributed by atoms with Gasteiger partial charge in [0.05, 0.1) is 37.5 Å². The van der Waals surface area contributed by atoms with Crippen LogP contribution in [0.2, 0.25) is 0 Å². The van der Waals surface area contributed by atoms with Crippen LogP contribution < -0.4 is 0 Å². The Morgan fingerprint density at radius 2 is 2.04 bits per heavy atom. The Bertz CT molecular complexity index is 565. The molecule has 6 nitrogen and oxygen atoms in total. The van der Waals surface area contributed by atoms with Crippen LogP contribution in [-0.4, -0.2) is 70.4 Å². The summed E-state index contributed by atoms with van der Waals surface area (Å²) in [6, 6.07) is 2.30. The fraction of sp³-hybridized carbons (Fsp3) is 0.778. The van der Waals surface area contributed by atoms with Gasteiger partial charge in [0.15, 0.2) is 0 Å². The van der Waals surface area contributed by atoms with Crippen molar-refractivity contribution in [3.63, 3.8) is 0 Å². The van der Waals surface area contributed by atoms with Gasteiger partial charge < -0.3 is 9.64 Å². The van der Waals surface area contributed by atoms with Gasteiger partial charge in [-0.25, -0.2) is 0 Å². The lowest BCUT2D eigenvalue weighted by atomic mass is 10.0. The Labute approximate surface area is 144 Å². The van der Waals surface area contributed by atoms with Crippen LogP contribution in [0.3, 0.4) is 0 Å². The smallest absolute Gasteiger partial charge is 0.239 e. The fourth-order valence-electron chi connectivity index (χ4n) is 3.90. The number of aromatic nitrogens is 2. The average Bonchev–Trinajstić information content (AvgIpc) is 2.92. The first-order valence-electron chi connectivity index (χ1n) is 9.19. The van der Waals surface area contributed by atoms with Crippen molar-refractivity contribution in [2.45, 2.75) is 58.7 Å². The highest BCUT2D eigenvalue weighted by Crippen LogP contribution is 2.21. The number of nitrogens with zero attached hydrogens (tertiary/aromatic N) is 4. The van der Waals surface area contributed by atoms with E-state index in [1.54, 1.807) is 0 Å². The third kappa shape index (κ3) is 3.81. The average molecular weight is 334 g/mol. The van der Waals surface area contributed by atoms with E-state index in [4.69, 9.17) is 4.74 Å². The maximum absolute atomic E-state index is 13.1. The van der Waals surface area contributed by atoms with Crippen LogP contribution in [0.1, 0.15) is 37.6 Å². The Morgan fingerprint density at radius 3 is 2.71 bits per heavy atom. The summed E-state index contributed by atoms with van der Waals surface area (Å²) in [5.74, 6) is 0.267. The molecule has 24 heavy (non-hydrogen) atoms. The van der Waals surface area contributed by atoms with E-state index in [1.807, 2.05) is 13.8 Å². The minimum atomic E-state index is -0.0602. The topological polar surface area (TPSA) is 50.6 Å². The van der Waals surface area contributed by atoms with Crippen LogP contribution in [0.25, 0.3) is 0 Å². The zero-order chi connectivity index (χ0) is 17.1. The van der Waals surface area contributed by atoms with Crippen LogP contribution >= 0.6 is 0 Å². The number of morpholine rings is 1. The van der Waals surface area contributed by atoms with Gasteiger partial charge in [-0.15, -0.1) is 0 Å². The van der Waals surface area contributed by atoms with E-state index in [9.17, 15) is 4.79 Å². The first kappa shape index (κ1) is 17.4. The molecule has 0 bridgehead atoms. The monoisotopic (exact) mass is 334 g/mol. The number of rotatable bonds is 4. The molecule has 3 rings (SSSR count). The molecule has 2 saturated heterocycles. The summed E-state index contributed by atoms with van der Waals surface area (Å²) < 4.78 is 7.47.